The van der Waals surface area contributed by atoms with Crippen LogP contribution in [0.15, 0.2) is 24.3 Å². The van der Waals surface area contributed by atoms with E-state index in [1.54, 1.807) is 12.1 Å². The molecule has 1 aliphatic rings. The number of nitrogens with one attached hydrogen (secondary N) is 1. The van der Waals surface area contributed by atoms with Crippen molar-refractivity contribution < 1.29 is 9.90 Å². The monoisotopic (exact) mass is 289 g/mol. The van der Waals surface area contributed by atoms with Crippen molar-refractivity contribution in [3.63, 3.8) is 0 Å². The summed E-state index contributed by atoms with van der Waals surface area (Å²) in [6, 6.07) is 7.65. The largest absolute Gasteiger partial charge is 0.477 e. The maximum atomic E-state index is 10.9. The normalized spacial score (nSPS) is 15.4. The maximum Gasteiger partial charge on any atom is 0.345 e. The zero-order chi connectivity index (χ0) is 13.9. The van der Waals surface area contributed by atoms with Crippen LogP contribution in [0.1, 0.15) is 35.4 Å². The fourth-order valence-electron chi connectivity index (χ4n) is 2.41. The second kappa shape index (κ2) is 5.58. The fourth-order valence-corrected chi connectivity index (χ4v) is 3.22. The van der Waals surface area contributed by atoms with Crippen LogP contribution >= 0.6 is 11.3 Å². The zero-order valence-electron chi connectivity index (χ0n) is 10.9. The number of hydrogen-bond donors (Lipinski definition) is 2. The molecule has 0 radical (unpaired) electrons. The number of rotatable bonds is 4. The molecule has 0 saturated heterocycles. The molecule has 2 aromatic heterocycles. The lowest BCUT2D eigenvalue weighted by molar-refractivity contribution is 0.0702. The molecule has 5 nitrogen and oxygen atoms in total. The number of aromatic carboxylic acids is 1. The number of anilines is 1. The number of nitrogens with zero attached hydrogens (tertiary/aromatic N) is 2. The summed E-state index contributed by atoms with van der Waals surface area (Å²) in [4.78, 5) is 12.0. The van der Waals surface area contributed by atoms with E-state index in [-0.39, 0.29) is 0 Å². The van der Waals surface area contributed by atoms with Crippen LogP contribution in [-0.4, -0.2) is 27.3 Å². The molecule has 6 heteroatoms. The molecule has 0 spiro atoms. The summed E-state index contributed by atoms with van der Waals surface area (Å²) in [5.74, 6) is -0.121. The first-order valence-corrected chi connectivity index (χ1v) is 7.48. The van der Waals surface area contributed by atoms with E-state index in [9.17, 15) is 4.79 Å². The van der Waals surface area contributed by atoms with Gasteiger partial charge < -0.3 is 10.4 Å². The third kappa shape index (κ3) is 2.80. The van der Waals surface area contributed by atoms with Gasteiger partial charge in [0.1, 0.15) is 16.4 Å². The van der Waals surface area contributed by atoms with Gasteiger partial charge in [0.15, 0.2) is 0 Å². The Morgan fingerprint density at radius 1 is 1.20 bits per heavy atom. The first-order valence-electron chi connectivity index (χ1n) is 6.66. The lowest BCUT2D eigenvalue weighted by Gasteiger charge is -2.11. The molecule has 1 saturated carbocycles. The SMILES string of the molecule is O=C(O)c1ccc(-c2ccc(NC3CCCC3)nn2)s1. The Labute approximate surface area is 120 Å². The highest BCUT2D eigenvalue weighted by molar-refractivity contribution is 7.17. The van der Waals surface area contributed by atoms with Crippen molar-refractivity contribution in [3.8, 4) is 10.6 Å². The molecule has 104 valence electrons. The Morgan fingerprint density at radius 2 is 2.00 bits per heavy atom. The van der Waals surface area contributed by atoms with Gasteiger partial charge in [-0.1, -0.05) is 12.8 Å². The molecule has 20 heavy (non-hydrogen) atoms. The average Bonchev–Trinajstić information content (AvgIpc) is 3.10. The van der Waals surface area contributed by atoms with Crippen LogP contribution in [0.5, 0.6) is 0 Å². The average molecular weight is 289 g/mol. The van der Waals surface area contributed by atoms with Crippen LogP contribution in [0.3, 0.4) is 0 Å². The third-order valence-electron chi connectivity index (χ3n) is 3.44. The quantitative estimate of drug-likeness (QED) is 0.903. The van der Waals surface area contributed by atoms with E-state index in [1.807, 2.05) is 12.1 Å². The Hall–Kier alpha value is -1.95. The summed E-state index contributed by atoms with van der Waals surface area (Å²) in [5.41, 5.74) is 0.708. The highest BCUT2D eigenvalue weighted by Crippen LogP contribution is 2.27. The predicted octanol–water partition coefficient (Wildman–Crippen LogP) is 3.26. The second-order valence-corrected chi connectivity index (χ2v) is 5.98. The number of carbonyl (C=O) groups is 1. The number of aromatic nitrogens is 2. The van der Waals surface area contributed by atoms with Crippen molar-refractivity contribution in [2.45, 2.75) is 31.7 Å². The van der Waals surface area contributed by atoms with Gasteiger partial charge in [0.25, 0.3) is 0 Å². The Balaban J connectivity index is 1.72. The topological polar surface area (TPSA) is 75.1 Å². The van der Waals surface area contributed by atoms with Gasteiger partial charge in [0, 0.05) is 6.04 Å². The Morgan fingerprint density at radius 3 is 2.60 bits per heavy atom. The number of carboxylic acid groups (broad SMARTS) is 1. The smallest absolute Gasteiger partial charge is 0.345 e. The number of carboxylic acids is 1. The minimum Gasteiger partial charge on any atom is -0.477 e. The van der Waals surface area contributed by atoms with E-state index in [2.05, 4.69) is 15.5 Å². The minimum absolute atomic E-state index is 0.315. The molecule has 0 unspecified atom stereocenters. The summed E-state index contributed by atoms with van der Waals surface area (Å²) in [6.45, 7) is 0. The molecule has 3 rings (SSSR count). The van der Waals surface area contributed by atoms with E-state index in [0.29, 0.717) is 16.6 Å². The van der Waals surface area contributed by atoms with Crippen molar-refractivity contribution >= 4 is 23.1 Å². The highest BCUT2D eigenvalue weighted by atomic mass is 32.1. The lowest BCUT2D eigenvalue weighted by Crippen LogP contribution is -2.15. The van der Waals surface area contributed by atoms with Gasteiger partial charge in [-0.25, -0.2) is 4.79 Å². The van der Waals surface area contributed by atoms with Gasteiger partial charge in [0.2, 0.25) is 0 Å². The first-order chi connectivity index (χ1) is 9.72. The van der Waals surface area contributed by atoms with Crippen LogP contribution in [0, 0.1) is 0 Å². The molecule has 1 fully saturated rings. The molecule has 2 aromatic rings. The summed E-state index contributed by atoms with van der Waals surface area (Å²) in [7, 11) is 0. The molecule has 0 atom stereocenters. The predicted molar refractivity (Wildman–Crippen MR) is 78.2 cm³/mol. The molecule has 0 amide bonds. The van der Waals surface area contributed by atoms with E-state index in [4.69, 9.17) is 5.11 Å². The molecular weight excluding hydrogens is 274 g/mol. The fraction of sp³-hybridized carbons (Fsp3) is 0.357. The van der Waals surface area contributed by atoms with E-state index in [0.717, 1.165) is 10.7 Å². The van der Waals surface area contributed by atoms with E-state index in [1.165, 1.54) is 37.0 Å². The van der Waals surface area contributed by atoms with Crippen molar-refractivity contribution in [2.75, 3.05) is 5.32 Å². The first kappa shape index (κ1) is 13.1. The second-order valence-electron chi connectivity index (χ2n) is 4.90. The molecule has 0 aromatic carbocycles. The number of hydrogen-bond acceptors (Lipinski definition) is 5. The van der Waals surface area contributed by atoms with Gasteiger partial charge in [-0.2, -0.15) is 0 Å². The lowest BCUT2D eigenvalue weighted by atomic mass is 10.2. The highest BCUT2D eigenvalue weighted by Gasteiger charge is 2.15. The van der Waals surface area contributed by atoms with Crippen LogP contribution in [0.4, 0.5) is 5.82 Å². The molecule has 1 aliphatic carbocycles. The summed E-state index contributed by atoms with van der Waals surface area (Å²) in [5, 5.41) is 20.6. The zero-order valence-corrected chi connectivity index (χ0v) is 11.7. The molecule has 0 bridgehead atoms. The van der Waals surface area contributed by atoms with Crippen LogP contribution in [0.25, 0.3) is 10.6 Å². The van der Waals surface area contributed by atoms with Crippen LogP contribution in [0.2, 0.25) is 0 Å². The van der Waals surface area contributed by atoms with Crippen molar-refractivity contribution in [2.24, 2.45) is 0 Å². The van der Waals surface area contributed by atoms with Gasteiger partial charge in [-0.05, 0) is 37.1 Å². The summed E-state index contributed by atoms with van der Waals surface area (Å²) >= 11 is 1.21. The summed E-state index contributed by atoms with van der Waals surface area (Å²) in [6.07, 6.45) is 4.93. The van der Waals surface area contributed by atoms with Crippen molar-refractivity contribution in [1.82, 2.24) is 10.2 Å². The van der Waals surface area contributed by atoms with E-state index < -0.39 is 5.97 Å². The molecule has 2 N–H and O–H groups in total. The summed E-state index contributed by atoms with van der Waals surface area (Å²) < 4.78 is 0. The van der Waals surface area contributed by atoms with Crippen LogP contribution in [-0.2, 0) is 0 Å². The van der Waals surface area contributed by atoms with Crippen LogP contribution < -0.4 is 5.32 Å². The Kier molecular flexibility index (Phi) is 3.64. The van der Waals surface area contributed by atoms with Gasteiger partial charge >= 0.3 is 5.97 Å². The standard InChI is InChI=1S/C14H15N3O2S/c18-14(19)12-7-6-11(20-12)10-5-8-13(17-16-10)15-9-3-1-2-4-9/h5-9H,1-4H2,(H,15,17)(H,18,19). The van der Waals surface area contributed by atoms with Gasteiger partial charge in [-0.15, -0.1) is 21.5 Å². The maximum absolute atomic E-state index is 10.9. The minimum atomic E-state index is -0.909. The Bertz CT molecular complexity index is 603. The molecule has 0 aliphatic heterocycles. The third-order valence-corrected chi connectivity index (χ3v) is 4.54. The van der Waals surface area contributed by atoms with E-state index >= 15 is 0 Å². The van der Waals surface area contributed by atoms with Crippen molar-refractivity contribution in [3.05, 3.63) is 29.1 Å². The molecule has 2 heterocycles. The number of thiophene rings is 1. The van der Waals surface area contributed by atoms with Gasteiger partial charge in [0.05, 0.1) is 4.88 Å². The van der Waals surface area contributed by atoms with Gasteiger partial charge in [-0.3, -0.25) is 0 Å². The van der Waals surface area contributed by atoms with Crippen molar-refractivity contribution in [1.29, 1.82) is 0 Å². The molecular formula is C14H15N3O2S.